The van der Waals surface area contributed by atoms with Crippen molar-refractivity contribution in [2.24, 2.45) is 0 Å². The lowest BCUT2D eigenvalue weighted by Crippen LogP contribution is -2.09. The van der Waals surface area contributed by atoms with Crippen LogP contribution in [-0.2, 0) is 0 Å². The van der Waals surface area contributed by atoms with Crippen molar-refractivity contribution in [3.63, 3.8) is 0 Å². The highest BCUT2D eigenvalue weighted by Gasteiger charge is 2.13. The van der Waals surface area contributed by atoms with Crippen LogP contribution in [0.1, 0.15) is 17.3 Å². The Morgan fingerprint density at radius 2 is 2.14 bits per heavy atom. The molecule has 0 bridgehead atoms. The molecule has 1 rings (SSSR count). The Hall–Kier alpha value is -0.350. The van der Waals surface area contributed by atoms with E-state index in [0.29, 0.717) is 5.56 Å². The molecule has 0 fully saturated rings. The molecule has 0 radical (unpaired) electrons. The second-order valence-corrected chi connectivity index (χ2v) is 5.06. The van der Waals surface area contributed by atoms with Gasteiger partial charge in [-0.25, -0.2) is 0 Å². The summed E-state index contributed by atoms with van der Waals surface area (Å²) in [6.45, 7) is 1.81. The van der Waals surface area contributed by atoms with Crippen LogP contribution in [0.25, 0.3) is 0 Å². The summed E-state index contributed by atoms with van der Waals surface area (Å²) in [4.78, 5) is 11.4. The van der Waals surface area contributed by atoms with Gasteiger partial charge < -0.3 is 4.74 Å². The second-order valence-electron chi connectivity index (χ2n) is 2.83. The van der Waals surface area contributed by atoms with Crippen LogP contribution < -0.4 is 4.74 Å². The summed E-state index contributed by atoms with van der Waals surface area (Å²) in [5.74, 6) is 0.789. The number of ketones is 1. The van der Waals surface area contributed by atoms with Crippen molar-refractivity contribution in [2.45, 2.75) is 11.8 Å². The van der Waals surface area contributed by atoms with Crippen molar-refractivity contribution in [3.8, 4) is 5.75 Å². The number of carbonyl (C=O) groups excluding carboxylic acids is 1. The van der Waals surface area contributed by atoms with Gasteiger partial charge in [-0.05, 0) is 41.1 Å². The molecule has 2 nitrogen and oxygen atoms in total. The van der Waals surface area contributed by atoms with E-state index in [4.69, 9.17) is 4.74 Å². The lowest BCUT2D eigenvalue weighted by molar-refractivity contribution is 0.0996. The third kappa shape index (κ3) is 2.58. The molecule has 1 atom stereocenters. The molecule has 76 valence electrons. The number of halogens is 2. The first-order chi connectivity index (χ1) is 6.56. The minimum Gasteiger partial charge on any atom is -0.496 e. The number of methoxy groups -OCH3 is 1. The van der Waals surface area contributed by atoms with Crippen LogP contribution in [0, 0.1) is 0 Å². The van der Waals surface area contributed by atoms with E-state index >= 15 is 0 Å². The molecule has 1 aromatic carbocycles. The highest BCUT2D eigenvalue weighted by Crippen LogP contribution is 2.26. The fourth-order valence-corrected chi connectivity index (χ4v) is 1.85. The fourth-order valence-electron chi connectivity index (χ4n) is 1.05. The second kappa shape index (κ2) is 4.94. The van der Waals surface area contributed by atoms with Crippen LogP contribution >= 0.6 is 31.9 Å². The summed E-state index contributed by atoms with van der Waals surface area (Å²) >= 11 is 6.57. The van der Waals surface area contributed by atoms with Gasteiger partial charge in [0, 0.05) is 5.56 Å². The van der Waals surface area contributed by atoms with Gasteiger partial charge in [0.05, 0.1) is 16.4 Å². The number of benzene rings is 1. The predicted octanol–water partition coefficient (Wildman–Crippen LogP) is 3.42. The average molecular weight is 322 g/mol. The van der Waals surface area contributed by atoms with Crippen molar-refractivity contribution >= 4 is 37.6 Å². The molecule has 4 heteroatoms. The Balaban J connectivity index is 3.03. The summed E-state index contributed by atoms with van der Waals surface area (Å²) in [7, 11) is 1.59. The zero-order valence-electron chi connectivity index (χ0n) is 7.88. The number of carbonyl (C=O) groups is 1. The number of ether oxygens (including phenoxy) is 1. The van der Waals surface area contributed by atoms with Gasteiger partial charge >= 0.3 is 0 Å². The maximum atomic E-state index is 11.6. The maximum absolute atomic E-state index is 11.6. The van der Waals surface area contributed by atoms with Crippen molar-refractivity contribution < 1.29 is 9.53 Å². The maximum Gasteiger partial charge on any atom is 0.176 e. The number of hydrogen-bond acceptors (Lipinski definition) is 2. The minimum atomic E-state index is -0.164. The quantitative estimate of drug-likeness (QED) is 0.630. The standard InChI is InChI=1S/C10H10Br2O2/c1-6(11)10(13)7-3-4-9(14-2)8(12)5-7/h3-6H,1-2H3/t6-/m0/s1. The SMILES string of the molecule is COc1ccc(C(=O)[C@H](C)Br)cc1Br. The molecule has 1 aromatic rings. The van der Waals surface area contributed by atoms with Crippen LogP contribution in [-0.4, -0.2) is 17.7 Å². The minimum absolute atomic E-state index is 0.0633. The average Bonchev–Trinajstić information content (AvgIpc) is 2.16. The Labute approximate surface area is 99.9 Å². The molecule has 0 N–H and O–H groups in total. The van der Waals surface area contributed by atoms with Crippen LogP contribution in [0.3, 0.4) is 0 Å². The summed E-state index contributed by atoms with van der Waals surface area (Å²) in [6.07, 6.45) is 0. The largest absolute Gasteiger partial charge is 0.496 e. The third-order valence-corrected chi connectivity index (χ3v) is 2.83. The molecular formula is C10H10Br2O2. The summed E-state index contributed by atoms with van der Waals surface area (Å²) in [5.41, 5.74) is 0.669. The number of alkyl halides is 1. The monoisotopic (exact) mass is 320 g/mol. The smallest absolute Gasteiger partial charge is 0.176 e. The molecule has 0 aromatic heterocycles. The van der Waals surface area contributed by atoms with E-state index in [1.165, 1.54) is 0 Å². The zero-order valence-corrected chi connectivity index (χ0v) is 11.1. The Morgan fingerprint density at radius 3 is 2.57 bits per heavy atom. The first-order valence-electron chi connectivity index (χ1n) is 4.08. The first-order valence-corrected chi connectivity index (χ1v) is 5.79. The highest BCUT2D eigenvalue weighted by molar-refractivity contribution is 9.10. The van der Waals surface area contributed by atoms with Gasteiger partial charge in [0.15, 0.2) is 5.78 Å². The number of rotatable bonds is 3. The van der Waals surface area contributed by atoms with Crippen molar-refractivity contribution in [1.82, 2.24) is 0 Å². The van der Waals surface area contributed by atoms with E-state index in [-0.39, 0.29) is 10.6 Å². The van der Waals surface area contributed by atoms with Gasteiger partial charge in [-0.15, -0.1) is 0 Å². The van der Waals surface area contributed by atoms with Gasteiger partial charge in [-0.3, -0.25) is 4.79 Å². The third-order valence-electron chi connectivity index (χ3n) is 1.80. The normalized spacial score (nSPS) is 12.3. The Morgan fingerprint density at radius 1 is 1.50 bits per heavy atom. The van der Waals surface area contributed by atoms with Crippen LogP contribution in [0.4, 0.5) is 0 Å². The van der Waals surface area contributed by atoms with Crippen molar-refractivity contribution in [1.29, 1.82) is 0 Å². The van der Waals surface area contributed by atoms with E-state index in [1.807, 2.05) is 0 Å². The van der Waals surface area contributed by atoms with Crippen molar-refractivity contribution in [2.75, 3.05) is 7.11 Å². The molecule has 0 spiro atoms. The zero-order chi connectivity index (χ0) is 10.7. The molecule has 14 heavy (non-hydrogen) atoms. The summed E-state index contributed by atoms with van der Waals surface area (Å²) in [5, 5.41) is 0. The molecule has 0 heterocycles. The first kappa shape index (κ1) is 11.7. The molecule has 0 aliphatic heterocycles. The molecule has 0 saturated carbocycles. The summed E-state index contributed by atoms with van der Waals surface area (Å²) < 4.78 is 5.86. The lowest BCUT2D eigenvalue weighted by atomic mass is 10.1. The molecule has 0 unspecified atom stereocenters. The van der Waals surface area contributed by atoms with Crippen LogP contribution in [0.5, 0.6) is 5.75 Å². The van der Waals surface area contributed by atoms with Gasteiger partial charge in [0.25, 0.3) is 0 Å². The Kier molecular flexibility index (Phi) is 4.13. The van der Waals surface area contributed by atoms with Crippen molar-refractivity contribution in [3.05, 3.63) is 28.2 Å². The Bertz CT molecular complexity index is 348. The van der Waals surface area contributed by atoms with E-state index in [1.54, 1.807) is 32.2 Å². The van der Waals surface area contributed by atoms with Crippen LogP contribution in [0.2, 0.25) is 0 Å². The molecule has 0 aliphatic rings. The number of hydrogen-bond donors (Lipinski definition) is 0. The molecule has 0 aliphatic carbocycles. The topological polar surface area (TPSA) is 26.3 Å². The van der Waals surface area contributed by atoms with Gasteiger partial charge in [-0.1, -0.05) is 15.9 Å². The van der Waals surface area contributed by atoms with Gasteiger partial charge in [0.2, 0.25) is 0 Å². The van der Waals surface area contributed by atoms with E-state index < -0.39 is 0 Å². The van der Waals surface area contributed by atoms with E-state index in [2.05, 4.69) is 31.9 Å². The van der Waals surface area contributed by atoms with E-state index in [0.717, 1.165) is 10.2 Å². The highest BCUT2D eigenvalue weighted by atomic mass is 79.9. The molecule has 0 amide bonds. The lowest BCUT2D eigenvalue weighted by Gasteiger charge is -2.06. The fraction of sp³-hybridized carbons (Fsp3) is 0.300. The molecule has 0 saturated heterocycles. The molecular weight excluding hydrogens is 312 g/mol. The summed E-state index contributed by atoms with van der Waals surface area (Å²) in [6, 6.07) is 5.29. The number of Topliss-reactive ketones (excluding diaryl/α,β-unsaturated/α-hetero) is 1. The predicted molar refractivity (Wildman–Crippen MR) is 63.4 cm³/mol. The van der Waals surface area contributed by atoms with Gasteiger partial charge in [-0.2, -0.15) is 0 Å². The van der Waals surface area contributed by atoms with Crippen LogP contribution in [0.15, 0.2) is 22.7 Å². The van der Waals surface area contributed by atoms with E-state index in [9.17, 15) is 4.79 Å². The van der Waals surface area contributed by atoms with Gasteiger partial charge in [0.1, 0.15) is 5.75 Å².